The molecule has 3 atom stereocenters. The number of nitrogens with one attached hydrogen (secondary N) is 1. The molecule has 20 heavy (non-hydrogen) atoms. The number of benzene rings is 1. The van der Waals surface area contributed by atoms with Crippen molar-refractivity contribution in [2.45, 2.75) is 26.3 Å². The molecule has 1 N–H and O–H groups in total. The molecule has 2 aliphatic rings. The Balaban J connectivity index is 1.91. The van der Waals surface area contributed by atoms with Crippen LogP contribution in [0.5, 0.6) is 0 Å². The molecule has 5 heteroatoms. The molecule has 0 aliphatic carbocycles. The lowest BCUT2D eigenvalue weighted by Crippen LogP contribution is -2.35. The molecule has 0 radical (unpaired) electrons. The van der Waals surface area contributed by atoms with Gasteiger partial charge in [0, 0.05) is 43.5 Å². The van der Waals surface area contributed by atoms with Crippen molar-refractivity contribution in [1.29, 1.82) is 0 Å². The van der Waals surface area contributed by atoms with E-state index in [9.17, 15) is 10.1 Å². The maximum atomic E-state index is 10.8. The standard InChI is InChI=1S/C15H21N3O2/c1-3-14-13-8-16-7-11(13)9-17(14)15-5-4-12(18(19)20)6-10(15)2/h4-6,11,13-14,16H,3,7-9H2,1-2H3. The highest BCUT2D eigenvalue weighted by Gasteiger charge is 2.43. The van der Waals surface area contributed by atoms with Gasteiger partial charge < -0.3 is 10.2 Å². The molecule has 0 spiro atoms. The molecule has 0 saturated carbocycles. The number of anilines is 1. The summed E-state index contributed by atoms with van der Waals surface area (Å²) in [5, 5.41) is 14.3. The highest BCUT2D eigenvalue weighted by molar-refractivity contribution is 5.59. The van der Waals surface area contributed by atoms with Gasteiger partial charge in [0.15, 0.2) is 0 Å². The van der Waals surface area contributed by atoms with E-state index in [1.807, 2.05) is 13.0 Å². The zero-order chi connectivity index (χ0) is 14.3. The van der Waals surface area contributed by atoms with Gasteiger partial charge in [-0.1, -0.05) is 6.92 Å². The maximum absolute atomic E-state index is 10.8. The quantitative estimate of drug-likeness (QED) is 0.679. The number of nitro benzene ring substituents is 1. The first-order valence-corrected chi connectivity index (χ1v) is 7.34. The van der Waals surface area contributed by atoms with Crippen molar-refractivity contribution in [1.82, 2.24) is 5.32 Å². The predicted molar refractivity (Wildman–Crippen MR) is 79.1 cm³/mol. The second-order valence-corrected chi connectivity index (χ2v) is 5.94. The number of non-ortho nitro benzene ring substituents is 1. The van der Waals surface area contributed by atoms with E-state index >= 15 is 0 Å². The third kappa shape index (κ3) is 2.06. The van der Waals surface area contributed by atoms with Gasteiger partial charge in [-0.05, 0) is 36.8 Å². The highest BCUT2D eigenvalue weighted by atomic mass is 16.6. The van der Waals surface area contributed by atoms with E-state index in [2.05, 4.69) is 17.1 Å². The first-order valence-electron chi connectivity index (χ1n) is 7.34. The summed E-state index contributed by atoms with van der Waals surface area (Å²) in [6, 6.07) is 5.79. The van der Waals surface area contributed by atoms with E-state index in [1.54, 1.807) is 12.1 Å². The average molecular weight is 275 g/mol. The Hall–Kier alpha value is -1.62. The van der Waals surface area contributed by atoms with Crippen LogP contribution in [0.2, 0.25) is 0 Å². The van der Waals surface area contributed by atoms with Crippen LogP contribution in [0, 0.1) is 28.9 Å². The normalized spacial score (nSPS) is 28.7. The van der Waals surface area contributed by atoms with Gasteiger partial charge in [-0.25, -0.2) is 0 Å². The molecule has 2 aliphatic heterocycles. The van der Waals surface area contributed by atoms with Crippen LogP contribution in [-0.2, 0) is 0 Å². The lowest BCUT2D eigenvalue weighted by Gasteiger charge is -2.30. The lowest BCUT2D eigenvalue weighted by atomic mass is 9.92. The molecule has 3 unspecified atom stereocenters. The molecule has 0 aromatic heterocycles. The second kappa shape index (κ2) is 5.05. The molecule has 3 rings (SSSR count). The molecule has 1 aromatic rings. The molecule has 2 heterocycles. The molecule has 108 valence electrons. The van der Waals surface area contributed by atoms with E-state index in [0.717, 1.165) is 49.1 Å². The van der Waals surface area contributed by atoms with E-state index in [-0.39, 0.29) is 10.6 Å². The van der Waals surface area contributed by atoms with E-state index < -0.39 is 0 Å². The predicted octanol–water partition coefficient (Wildman–Crippen LogP) is 2.34. The van der Waals surface area contributed by atoms with Gasteiger partial charge in [0.25, 0.3) is 5.69 Å². The van der Waals surface area contributed by atoms with Crippen LogP contribution in [0.25, 0.3) is 0 Å². The molecular formula is C15H21N3O2. The van der Waals surface area contributed by atoms with Crippen molar-refractivity contribution >= 4 is 11.4 Å². The smallest absolute Gasteiger partial charge is 0.269 e. The monoisotopic (exact) mass is 275 g/mol. The number of hydrogen-bond acceptors (Lipinski definition) is 4. The number of hydrogen-bond donors (Lipinski definition) is 1. The van der Waals surface area contributed by atoms with Gasteiger partial charge in [0.2, 0.25) is 0 Å². The summed E-state index contributed by atoms with van der Waals surface area (Å²) in [4.78, 5) is 13.0. The zero-order valence-electron chi connectivity index (χ0n) is 12.0. The number of nitro groups is 1. The van der Waals surface area contributed by atoms with E-state index in [1.165, 1.54) is 0 Å². The van der Waals surface area contributed by atoms with Crippen LogP contribution in [0.4, 0.5) is 11.4 Å². The fourth-order valence-corrected chi connectivity index (χ4v) is 3.90. The van der Waals surface area contributed by atoms with Crippen LogP contribution in [-0.4, -0.2) is 30.6 Å². The van der Waals surface area contributed by atoms with Gasteiger partial charge >= 0.3 is 0 Å². The number of aryl methyl sites for hydroxylation is 1. The van der Waals surface area contributed by atoms with Crippen LogP contribution < -0.4 is 10.2 Å². The van der Waals surface area contributed by atoms with Crippen molar-refractivity contribution in [3.05, 3.63) is 33.9 Å². The zero-order valence-corrected chi connectivity index (χ0v) is 12.0. The van der Waals surface area contributed by atoms with Gasteiger partial charge in [-0.3, -0.25) is 10.1 Å². The first kappa shape index (κ1) is 13.4. The largest absolute Gasteiger partial charge is 0.368 e. The maximum Gasteiger partial charge on any atom is 0.269 e. The van der Waals surface area contributed by atoms with Crippen molar-refractivity contribution in [3.8, 4) is 0 Å². The third-order valence-electron chi connectivity index (χ3n) is 4.84. The fraction of sp³-hybridized carbons (Fsp3) is 0.600. The van der Waals surface area contributed by atoms with Crippen molar-refractivity contribution < 1.29 is 4.92 Å². The van der Waals surface area contributed by atoms with Crippen LogP contribution in [0.3, 0.4) is 0 Å². The SMILES string of the molecule is CCC1C2CNCC2CN1c1ccc([N+](=O)[O-])cc1C. The van der Waals surface area contributed by atoms with Gasteiger partial charge in [-0.15, -0.1) is 0 Å². The molecule has 0 bridgehead atoms. The summed E-state index contributed by atoms with van der Waals surface area (Å²) < 4.78 is 0. The summed E-state index contributed by atoms with van der Waals surface area (Å²) in [7, 11) is 0. The fourth-order valence-electron chi connectivity index (χ4n) is 3.90. The van der Waals surface area contributed by atoms with Gasteiger partial charge in [0.05, 0.1) is 4.92 Å². The minimum absolute atomic E-state index is 0.181. The first-order chi connectivity index (χ1) is 9.61. The second-order valence-electron chi connectivity index (χ2n) is 5.94. The Bertz CT molecular complexity index is 532. The number of rotatable bonds is 3. The molecule has 2 saturated heterocycles. The Kier molecular flexibility index (Phi) is 3.38. The summed E-state index contributed by atoms with van der Waals surface area (Å²) in [5.74, 6) is 1.43. The highest BCUT2D eigenvalue weighted by Crippen LogP contribution is 2.39. The number of nitrogens with zero attached hydrogens (tertiary/aromatic N) is 2. The minimum Gasteiger partial charge on any atom is -0.368 e. The Morgan fingerprint density at radius 1 is 1.45 bits per heavy atom. The molecule has 5 nitrogen and oxygen atoms in total. The summed E-state index contributed by atoms with van der Waals surface area (Å²) >= 11 is 0. The molecule has 0 amide bonds. The van der Waals surface area contributed by atoms with Crippen molar-refractivity contribution in [2.75, 3.05) is 24.5 Å². The third-order valence-corrected chi connectivity index (χ3v) is 4.84. The van der Waals surface area contributed by atoms with Crippen LogP contribution in [0.15, 0.2) is 18.2 Å². The molecule has 1 aromatic carbocycles. The summed E-state index contributed by atoms with van der Waals surface area (Å²) in [5.41, 5.74) is 2.35. The van der Waals surface area contributed by atoms with Crippen molar-refractivity contribution in [3.63, 3.8) is 0 Å². The van der Waals surface area contributed by atoms with Crippen LogP contribution >= 0.6 is 0 Å². The summed E-state index contributed by atoms with van der Waals surface area (Å²) in [6.07, 6.45) is 1.12. The Morgan fingerprint density at radius 3 is 2.90 bits per heavy atom. The molecule has 2 fully saturated rings. The average Bonchev–Trinajstić information content (AvgIpc) is 2.98. The topological polar surface area (TPSA) is 58.4 Å². The van der Waals surface area contributed by atoms with E-state index in [4.69, 9.17) is 0 Å². The summed E-state index contributed by atoms with van der Waals surface area (Å²) in [6.45, 7) is 7.48. The minimum atomic E-state index is -0.323. The van der Waals surface area contributed by atoms with Crippen LogP contribution in [0.1, 0.15) is 18.9 Å². The Labute approximate surface area is 119 Å². The van der Waals surface area contributed by atoms with Crippen molar-refractivity contribution in [2.24, 2.45) is 11.8 Å². The Morgan fingerprint density at radius 2 is 2.25 bits per heavy atom. The van der Waals surface area contributed by atoms with E-state index in [0.29, 0.717) is 6.04 Å². The van der Waals surface area contributed by atoms with Gasteiger partial charge in [0.1, 0.15) is 0 Å². The number of fused-ring (bicyclic) bond motifs is 1. The lowest BCUT2D eigenvalue weighted by molar-refractivity contribution is -0.384. The molecular weight excluding hydrogens is 254 g/mol. The van der Waals surface area contributed by atoms with Gasteiger partial charge in [-0.2, -0.15) is 0 Å².